The van der Waals surface area contributed by atoms with Gasteiger partial charge < -0.3 is 5.73 Å². The van der Waals surface area contributed by atoms with Crippen LogP contribution >= 0.6 is 0 Å². The number of hydrogen-bond donors (Lipinski definition) is 1. The van der Waals surface area contributed by atoms with Crippen LogP contribution in [0.3, 0.4) is 0 Å². The molecule has 0 aliphatic rings. The molecule has 1 aromatic carbocycles. The third-order valence-corrected chi connectivity index (χ3v) is 1.40. The largest absolute Gasteiger partial charge is 0.324 e. The van der Waals surface area contributed by atoms with E-state index in [0.717, 1.165) is 5.56 Å². The van der Waals surface area contributed by atoms with Crippen molar-refractivity contribution in [2.75, 3.05) is 0 Å². The second-order valence-electron chi connectivity index (χ2n) is 2.34. The molecule has 0 aliphatic carbocycles. The number of halogens is 1. The lowest BCUT2D eigenvalue weighted by molar-refractivity contribution is 0.626. The summed E-state index contributed by atoms with van der Waals surface area (Å²) >= 11 is 0. The van der Waals surface area contributed by atoms with E-state index in [-0.39, 0.29) is 11.9 Å². The first-order valence-electron chi connectivity index (χ1n) is 4.21. The summed E-state index contributed by atoms with van der Waals surface area (Å²) in [6.07, 6.45) is 0. The van der Waals surface area contributed by atoms with Gasteiger partial charge in [0.25, 0.3) is 0 Å². The van der Waals surface area contributed by atoms with Crippen LogP contribution in [0.4, 0.5) is 4.39 Å². The van der Waals surface area contributed by atoms with Gasteiger partial charge in [-0.1, -0.05) is 26.0 Å². The van der Waals surface area contributed by atoms with Crippen molar-refractivity contribution in [2.24, 2.45) is 5.73 Å². The van der Waals surface area contributed by atoms with Crippen molar-refractivity contribution >= 4 is 0 Å². The normalized spacial score (nSPS) is 11.4. The Labute approximate surface area is 73.4 Å². The molecule has 1 atom stereocenters. The lowest BCUT2D eigenvalue weighted by Crippen LogP contribution is -2.04. The summed E-state index contributed by atoms with van der Waals surface area (Å²) in [5.74, 6) is -0.218. The summed E-state index contributed by atoms with van der Waals surface area (Å²) in [4.78, 5) is 0. The van der Waals surface area contributed by atoms with Gasteiger partial charge in [0, 0.05) is 6.04 Å². The first-order valence-corrected chi connectivity index (χ1v) is 4.21. The molecule has 0 heterocycles. The SMILES string of the molecule is CC.CC(N)c1ccc(F)cc1. The smallest absolute Gasteiger partial charge is 0.123 e. The molecule has 12 heavy (non-hydrogen) atoms. The van der Waals surface area contributed by atoms with E-state index in [1.165, 1.54) is 12.1 Å². The highest BCUT2D eigenvalue weighted by Crippen LogP contribution is 2.09. The lowest BCUT2D eigenvalue weighted by atomic mass is 10.1. The van der Waals surface area contributed by atoms with Gasteiger partial charge in [-0.15, -0.1) is 0 Å². The highest BCUT2D eigenvalue weighted by atomic mass is 19.1. The molecule has 0 aliphatic heterocycles. The van der Waals surface area contributed by atoms with E-state index >= 15 is 0 Å². The Morgan fingerprint density at radius 2 is 1.58 bits per heavy atom. The molecule has 1 rings (SSSR count). The number of rotatable bonds is 1. The molecule has 2 heteroatoms. The van der Waals surface area contributed by atoms with Crippen molar-refractivity contribution in [1.82, 2.24) is 0 Å². The van der Waals surface area contributed by atoms with Crippen LogP contribution in [0.15, 0.2) is 24.3 Å². The summed E-state index contributed by atoms with van der Waals surface area (Å²) in [7, 11) is 0. The van der Waals surface area contributed by atoms with Crippen LogP contribution in [-0.4, -0.2) is 0 Å². The molecule has 68 valence electrons. The van der Waals surface area contributed by atoms with Crippen LogP contribution < -0.4 is 5.73 Å². The van der Waals surface area contributed by atoms with Crippen LogP contribution in [0.25, 0.3) is 0 Å². The van der Waals surface area contributed by atoms with E-state index in [2.05, 4.69) is 0 Å². The Hall–Kier alpha value is -0.890. The van der Waals surface area contributed by atoms with E-state index in [1.807, 2.05) is 20.8 Å². The number of nitrogens with two attached hydrogens (primary N) is 1. The van der Waals surface area contributed by atoms with E-state index < -0.39 is 0 Å². The minimum atomic E-state index is -0.218. The molecule has 1 nitrogen and oxygen atoms in total. The summed E-state index contributed by atoms with van der Waals surface area (Å²) in [6.45, 7) is 5.87. The van der Waals surface area contributed by atoms with Crippen molar-refractivity contribution in [3.8, 4) is 0 Å². The summed E-state index contributed by atoms with van der Waals surface area (Å²) in [6, 6.07) is 6.21. The second kappa shape index (κ2) is 5.72. The molecule has 1 unspecified atom stereocenters. The average Bonchev–Trinajstić information content (AvgIpc) is 2.09. The van der Waals surface area contributed by atoms with Crippen LogP contribution in [0.1, 0.15) is 32.4 Å². The van der Waals surface area contributed by atoms with Gasteiger partial charge in [0.2, 0.25) is 0 Å². The highest BCUT2D eigenvalue weighted by Gasteiger charge is 1.96. The first-order chi connectivity index (χ1) is 5.70. The van der Waals surface area contributed by atoms with E-state index in [4.69, 9.17) is 5.73 Å². The Morgan fingerprint density at radius 3 is 1.92 bits per heavy atom. The molecule has 0 saturated carbocycles. The van der Waals surface area contributed by atoms with Crippen molar-refractivity contribution < 1.29 is 4.39 Å². The van der Waals surface area contributed by atoms with Crippen molar-refractivity contribution in [3.05, 3.63) is 35.6 Å². The van der Waals surface area contributed by atoms with Gasteiger partial charge in [0.15, 0.2) is 0 Å². The maximum atomic E-state index is 12.3. The molecule has 0 aromatic heterocycles. The monoisotopic (exact) mass is 169 g/mol. The fraction of sp³-hybridized carbons (Fsp3) is 0.400. The first kappa shape index (κ1) is 11.1. The minimum Gasteiger partial charge on any atom is -0.324 e. The molecule has 0 bridgehead atoms. The third-order valence-electron chi connectivity index (χ3n) is 1.40. The zero-order valence-electron chi connectivity index (χ0n) is 7.84. The molecule has 0 spiro atoms. The van der Waals surface area contributed by atoms with Gasteiger partial charge in [-0.2, -0.15) is 0 Å². The average molecular weight is 169 g/mol. The minimum absolute atomic E-state index is 0.0133. The Bertz CT molecular complexity index is 204. The van der Waals surface area contributed by atoms with Gasteiger partial charge in [-0.3, -0.25) is 0 Å². The zero-order valence-corrected chi connectivity index (χ0v) is 7.84. The van der Waals surface area contributed by atoms with E-state index in [9.17, 15) is 4.39 Å². The third kappa shape index (κ3) is 3.49. The van der Waals surface area contributed by atoms with Crippen LogP contribution in [-0.2, 0) is 0 Å². The zero-order chi connectivity index (χ0) is 9.56. The standard InChI is InChI=1S/C8H10FN.C2H6/c1-6(10)7-2-4-8(9)5-3-7;1-2/h2-6H,10H2,1H3;1-2H3. The molecule has 0 saturated heterocycles. The highest BCUT2D eigenvalue weighted by molar-refractivity contribution is 5.18. The topological polar surface area (TPSA) is 26.0 Å². The summed E-state index contributed by atoms with van der Waals surface area (Å²) in [5, 5.41) is 0. The van der Waals surface area contributed by atoms with Crippen LogP contribution in [0, 0.1) is 5.82 Å². The van der Waals surface area contributed by atoms with E-state index in [0.29, 0.717) is 0 Å². The predicted molar refractivity (Wildman–Crippen MR) is 50.4 cm³/mol. The summed E-state index contributed by atoms with van der Waals surface area (Å²) in [5.41, 5.74) is 6.50. The van der Waals surface area contributed by atoms with E-state index in [1.54, 1.807) is 12.1 Å². The quantitative estimate of drug-likeness (QED) is 0.687. The van der Waals surface area contributed by atoms with Crippen molar-refractivity contribution in [1.29, 1.82) is 0 Å². The van der Waals surface area contributed by atoms with Crippen molar-refractivity contribution in [3.63, 3.8) is 0 Å². The Balaban J connectivity index is 0.000000561. The van der Waals surface area contributed by atoms with Gasteiger partial charge in [-0.05, 0) is 24.6 Å². The maximum absolute atomic E-state index is 12.3. The molecular weight excluding hydrogens is 153 g/mol. The predicted octanol–water partition coefficient (Wildman–Crippen LogP) is 2.87. The van der Waals surface area contributed by atoms with Crippen molar-refractivity contribution in [2.45, 2.75) is 26.8 Å². The number of benzene rings is 1. The molecule has 1 aromatic rings. The molecule has 2 N–H and O–H groups in total. The van der Waals surface area contributed by atoms with Gasteiger partial charge in [0.1, 0.15) is 5.82 Å². The Kier molecular flexibility index (Phi) is 5.30. The fourth-order valence-corrected chi connectivity index (χ4v) is 0.766. The van der Waals surface area contributed by atoms with Crippen LogP contribution in [0.2, 0.25) is 0 Å². The molecule has 0 amide bonds. The maximum Gasteiger partial charge on any atom is 0.123 e. The lowest BCUT2D eigenvalue weighted by Gasteiger charge is -2.02. The Morgan fingerprint density at radius 1 is 1.17 bits per heavy atom. The van der Waals surface area contributed by atoms with Gasteiger partial charge in [0.05, 0.1) is 0 Å². The second-order valence-corrected chi connectivity index (χ2v) is 2.34. The molecular formula is C10H16FN. The molecule has 0 fully saturated rings. The number of hydrogen-bond acceptors (Lipinski definition) is 1. The van der Waals surface area contributed by atoms with Crippen LogP contribution in [0.5, 0.6) is 0 Å². The molecule has 0 radical (unpaired) electrons. The van der Waals surface area contributed by atoms with Gasteiger partial charge in [-0.25, -0.2) is 4.39 Å². The van der Waals surface area contributed by atoms with Gasteiger partial charge >= 0.3 is 0 Å². The summed E-state index contributed by atoms with van der Waals surface area (Å²) < 4.78 is 12.3. The fourth-order valence-electron chi connectivity index (χ4n) is 0.766.